The van der Waals surface area contributed by atoms with E-state index in [0.29, 0.717) is 6.61 Å². The Morgan fingerprint density at radius 1 is 1.50 bits per heavy atom. The zero-order valence-corrected chi connectivity index (χ0v) is 7.11. The topological polar surface area (TPSA) is 66.9 Å². The zero-order chi connectivity index (χ0) is 9.30. The Hall–Kier alpha value is -0.900. The average Bonchev–Trinajstić information content (AvgIpc) is 2.70. The van der Waals surface area contributed by atoms with Crippen molar-refractivity contribution in [2.24, 2.45) is 11.8 Å². The minimum Gasteiger partial charge on any atom is -0.481 e. The molecule has 2 atom stereocenters. The average molecular weight is 172 g/mol. The molecule has 1 N–H and O–H groups in total. The first-order valence-corrected chi connectivity index (χ1v) is 3.92. The number of carbonyl (C=O) groups is 2. The van der Waals surface area contributed by atoms with Gasteiger partial charge in [-0.25, -0.2) is 0 Å². The van der Waals surface area contributed by atoms with E-state index in [1.165, 1.54) is 0 Å². The van der Waals surface area contributed by atoms with Crippen LogP contribution in [-0.4, -0.2) is 29.6 Å². The maximum absolute atomic E-state index is 11.3. The van der Waals surface area contributed by atoms with E-state index >= 15 is 0 Å². The lowest BCUT2D eigenvalue weighted by molar-refractivity contribution is -0.148. The second-order valence-corrected chi connectivity index (χ2v) is 3.24. The minimum absolute atomic E-state index is 0.240. The number of aliphatic carboxylic acids is 1. The van der Waals surface area contributed by atoms with E-state index in [0.717, 1.165) is 0 Å². The molecule has 68 valence electrons. The fraction of sp³-hybridized carbons (Fsp3) is 0.750. The normalized spacial score (nSPS) is 23.8. The molecule has 0 aromatic heterocycles. The van der Waals surface area contributed by atoms with E-state index in [-0.39, 0.29) is 17.8 Å². The summed E-state index contributed by atoms with van der Waals surface area (Å²) in [6.45, 7) is 3.79. The molecular weight excluding hydrogens is 160 g/mol. The van der Waals surface area contributed by atoms with Gasteiger partial charge in [-0.15, -0.1) is 0 Å². The molecule has 1 saturated heterocycles. The Bertz CT molecular complexity index is 205. The Labute approximate surface area is 70.5 Å². The Balaban J connectivity index is 2.64. The first kappa shape index (κ1) is 9.19. The summed E-state index contributed by atoms with van der Waals surface area (Å²) in [5.41, 5.74) is 0. The molecule has 0 aromatic carbocycles. The highest BCUT2D eigenvalue weighted by Gasteiger charge is 2.43. The highest BCUT2D eigenvalue weighted by molar-refractivity contribution is 6.00. The molecule has 0 radical (unpaired) electrons. The number of hydrogen-bond acceptors (Lipinski definition) is 3. The van der Waals surface area contributed by atoms with Crippen molar-refractivity contribution in [3.63, 3.8) is 0 Å². The Morgan fingerprint density at radius 2 is 2.00 bits per heavy atom. The standard InChI is InChI=1S/C8H12O4/c1-4(2)7(9)6(8(10)11)5-3-12-5/h4-6H,3H2,1-2H3,(H,10,11)/t5?,6-/m1/s1. The van der Waals surface area contributed by atoms with Crippen LogP contribution in [0.1, 0.15) is 13.8 Å². The van der Waals surface area contributed by atoms with E-state index in [2.05, 4.69) is 0 Å². The van der Waals surface area contributed by atoms with Gasteiger partial charge in [0, 0.05) is 5.92 Å². The molecule has 0 aliphatic carbocycles. The van der Waals surface area contributed by atoms with E-state index in [4.69, 9.17) is 9.84 Å². The molecule has 0 aromatic rings. The van der Waals surface area contributed by atoms with Crippen LogP contribution in [0.15, 0.2) is 0 Å². The Kier molecular flexibility index (Phi) is 2.47. The van der Waals surface area contributed by atoms with Crippen LogP contribution in [0, 0.1) is 11.8 Å². The number of carboxylic acid groups (broad SMARTS) is 1. The van der Waals surface area contributed by atoms with E-state index in [1.54, 1.807) is 13.8 Å². The highest BCUT2D eigenvalue weighted by Crippen LogP contribution is 2.23. The molecule has 0 spiro atoms. The number of hydrogen-bond donors (Lipinski definition) is 1. The van der Waals surface area contributed by atoms with Crippen molar-refractivity contribution in [3.05, 3.63) is 0 Å². The van der Waals surface area contributed by atoms with Crippen molar-refractivity contribution in [1.29, 1.82) is 0 Å². The van der Waals surface area contributed by atoms with Gasteiger partial charge in [0.2, 0.25) is 0 Å². The molecule has 0 amide bonds. The number of carbonyl (C=O) groups excluding carboxylic acids is 1. The molecule has 1 heterocycles. The number of ketones is 1. The summed E-state index contributed by atoms with van der Waals surface area (Å²) in [4.78, 5) is 21.9. The van der Waals surface area contributed by atoms with Crippen molar-refractivity contribution in [2.75, 3.05) is 6.61 Å². The minimum atomic E-state index is -1.07. The predicted molar refractivity (Wildman–Crippen MR) is 40.7 cm³/mol. The van der Waals surface area contributed by atoms with Gasteiger partial charge in [-0.3, -0.25) is 9.59 Å². The van der Waals surface area contributed by atoms with E-state index < -0.39 is 11.9 Å². The van der Waals surface area contributed by atoms with Gasteiger partial charge in [-0.2, -0.15) is 0 Å². The van der Waals surface area contributed by atoms with Crippen LogP contribution < -0.4 is 0 Å². The number of epoxide rings is 1. The van der Waals surface area contributed by atoms with E-state index in [9.17, 15) is 9.59 Å². The van der Waals surface area contributed by atoms with Gasteiger partial charge >= 0.3 is 5.97 Å². The lowest BCUT2D eigenvalue weighted by Crippen LogP contribution is -2.31. The van der Waals surface area contributed by atoms with Gasteiger partial charge in [0.25, 0.3) is 0 Å². The second-order valence-electron chi connectivity index (χ2n) is 3.24. The summed E-state index contributed by atoms with van der Waals surface area (Å²) in [6.07, 6.45) is -0.377. The van der Waals surface area contributed by atoms with Gasteiger partial charge in [-0.1, -0.05) is 13.8 Å². The van der Waals surface area contributed by atoms with Crippen LogP contribution in [0.4, 0.5) is 0 Å². The Morgan fingerprint density at radius 3 is 2.25 bits per heavy atom. The van der Waals surface area contributed by atoms with Crippen LogP contribution in [0.25, 0.3) is 0 Å². The van der Waals surface area contributed by atoms with Crippen LogP contribution in [-0.2, 0) is 14.3 Å². The zero-order valence-electron chi connectivity index (χ0n) is 7.11. The molecule has 1 aliphatic rings. The molecule has 1 fully saturated rings. The molecular formula is C8H12O4. The van der Waals surface area contributed by atoms with Gasteiger partial charge < -0.3 is 9.84 Å². The van der Waals surface area contributed by atoms with Crippen LogP contribution in [0.2, 0.25) is 0 Å². The SMILES string of the molecule is CC(C)C(=O)[C@H](C(=O)O)C1CO1. The number of ether oxygens (including phenoxy) is 1. The second kappa shape index (κ2) is 3.23. The lowest BCUT2D eigenvalue weighted by atomic mass is 9.93. The fourth-order valence-corrected chi connectivity index (χ4v) is 1.07. The molecule has 1 unspecified atom stereocenters. The number of carboxylic acids is 1. The van der Waals surface area contributed by atoms with Crippen molar-refractivity contribution < 1.29 is 19.4 Å². The van der Waals surface area contributed by atoms with Crippen LogP contribution in [0.5, 0.6) is 0 Å². The van der Waals surface area contributed by atoms with Crippen molar-refractivity contribution in [1.82, 2.24) is 0 Å². The molecule has 0 saturated carbocycles. The third kappa shape index (κ3) is 1.82. The summed E-state index contributed by atoms with van der Waals surface area (Å²) < 4.78 is 4.80. The van der Waals surface area contributed by atoms with Crippen LogP contribution in [0.3, 0.4) is 0 Å². The maximum Gasteiger partial charge on any atom is 0.316 e. The van der Waals surface area contributed by atoms with Gasteiger partial charge in [0.15, 0.2) is 5.78 Å². The number of Topliss-reactive ketones (excluding diaryl/α,β-unsaturated/α-hetero) is 1. The summed E-state index contributed by atoms with van der Waals surface area (Å²) in [5.74, 6) is -2.51. The smallest absolute Gasteiger partial charge is 0.316 e. The first-order chi connectivity index (χ1) is 5.54. The quantitative estimate of drug-likeness (QED) is 0.489. The van der Waals surface area contributed by atoms with Crippen molar-refractivity contribution >= 4 is 11.8 Å². The number of rotatable bonds is 4. The van der Waals surface area contributed by atoms with Crippen molar-refractivity contribution in [2.45, 2.75) is 20.0 Å². The van der Waals surface area contributed by atoms with Gasteiger partial charge in [-0.05, 0) is 0 Å². The van der Waals surface area contributed by atoms with E-state index in [1.807, 2.05) is 0 Å². The maximum atomic E-state index is 11.3. The van der Waals surface area contributed by atoms with Crippen LogP contribution >= 0.6 is 0 Å². The molecule has 0 bridgehead atoms. The van der Waals surface area contributed by atoms with Crippen molar-refractivity contribution in [3.8, 4) is 0 Å². The van der Waals surface area contributed by atoms with Gasteiger partial charge in [0.05, 0.1) is 6.61 Å². The molecule has 1 aliphatic heterocycles. The molecule has 12 heavy (non-hydrogen) atoms. The molecule has 4 heteroatoms. The van der Waals surface area contributed by atoms with Gasteiger partial charge in [0.1, 0.15) is 12.0 Å². The predicted octanol–water partition coefficient (Wildman–Crippen LogP) is 0.311. The third-order valence-corrected chi connectivity index (χ3v) is 1.87. The monoisotopic (exact) mass is 172 g/mol. The fourth-order valence-electron chi connectivity index (χ4n) is 1.07. The molecule has 4 nitrogen and oxygen atoms in total. The summed E-state index contributed by atoms with van der Waals surface area (Å²) in [6, 6.07) is 0. The summed E-state index contributed by atoms with van der Waals surface area (Å²) >= 11 is 0. The molecule has 1 rings (SSSR count). The summed E-state index contributed by atoms with van der Waals surface area (Å²) in [7, 11) is 0. The highest BCUT2D eigenvalue weighted by atomic mass is 16.6. The first-order valence-electron chi connectivity index (χ1n) is 3.92. The summed E-state index contributed by atoms with van der Waals surface area (Å²) in [5, 5.41) is 8.70. The largest absolute Gasteiger partial charge is 0.481 e. The third-order valence-electron chi connectivity index (χ3n) is 1.87. The lowest BCUT2D eigenvalue weighted by Gasteiger charge is -2.10.